The summed E-state index contributed by atoms with van der Waals surface area (Å²) in [6, 6.07) is 7.02. The molecule has 0 aliphatic carbocycles. The zero-order valence-corrected chi connectivity index (χ0v) is 14.8. The van der Waals surface area contributed by atoms with Crippen LogP contribution >= 0.6 is 15.9 Å². The molecule has 8 heteroatoms. The molecule has 3 N–H and O–H groups in total. The van der Waals surface area contributed by atoms with Gasteiger partial charge in [0.2, 0.25) is 0 Å². The van der Waals surface area contributed by atoms with E-state index in [0.717, 1.165) is 0 Å². The van der Waals surface area contributed by atoms with Gasteiger partial charge in [0.1, 0.15) is 11.5 Å². The smallest absolute Gasteiger partial charge is 0.287 e. The van der Waals surface area contributed by atoms with Crippen molar-refractivity contribution in [3.63, 3.8) is 0 Å². The van der Waals surface area contributed by atoms with Gasteiger partial charge in [0.25, 0.3) is 11.8 Å². The third kappa shape index (κ3) is 4.14. The number of hydrogen-bond acceptors (Lipinski definition) is 5. The Morgan fingerprint density at radius 1 is 1.12 bits per heavy atom. The zero-order chi connectivity index (χ0) is 18.0. The Labute approximate surface area is 152 Å². The van der Waals surface area contributed by atoms with Gasteiger partial charge in [0.15, 0.2) is 10.4 Å². The van der Waals surface area contributed by atoms with E-state index in [1.54, 1.807) is 17.0 Å². The monoisotopic (exact) mass is 408 g/mol. The predicted octanol–water partition coefficient (Wildman–Crippen LogP) is 2.49. The standard InChI is InChI=1S/C17H17BrN2O5/c18-15-2-1-14(25-15)16(23)19-11-3-5-20(6-4-11)17(24)10-7-12(21)9-13(22)8-10/h1-2,7-9,11,21-22H,3-6H2,(H,19,23). The number of halogens is 1. The molecule has 1 saturated heterocycles. The van der Waals surface area contributed by atoms with Crippen molar-refractivity contribution >= 4 is 27.7 Å². The quantitative estimate of drug-likeness (QED) is 0.723. The fourth-order valence-corrected chi connectivity index (χ4v) is 3.13. The van der Waals surface area contributed by atoms with Crippen molar-refractivity contribution in [3.05, 3.63) is 46.3 Å². The summed E-state index contributed by atoms with van der Waals surface area (Å²) in [4.78, 5) is 26.2. The van der Waals surface area contributed by atoms with Crippen LogP contribution in [0.15, 0.2) is 39.4 Å². The highest BCUT2D eigenvalue weighted by Crippen LogP contribution is 2.23. The van der Waals surface area contributed by atoms with E-state index in [9.17, 15) is 19.8 Å². The molecule has 2 amide bonds. The van der Waals surface area contributed by atoms with Crippen molar-refractivity contribution in [2.24, 2.45) is 0 Å². The SMILES string of the molecule is O=C(NC1CCN(C(=O)c2cc(O)cc(O)c2)CC1)c1ccc(Br)o1. The number of carbonyl (C=O) groups excluding carboxylic acids is 2. The minimum absolute atomic E-state index is 0.0435. The molecule has 2 aromatic rings. The molecule has 1 aliphatic rings. The van der Waals surface area contributed by atoms with E-state index in [1.165, 1.54) is 18.2 Å². The molecule has 0 bridgehead atoms. The van der Waals surface area contributed by atoms with Crippen LogP contribution in [0, 0.1) is 0 Å². The first-order valence-corrected chi connectivity index (χ1v) is 8.60. The minimum Gasteiger partial charge on any atom is -0.508 e. The molecule has 3 rings (SSSR count). The number of carbonyl (C=O) groups is 2. The van der Waals surface area contributed by atoms with Gasteiger partial charge in [0.05, 0.1) is 0 Å². The van der Waals surface area contributed by atoms with Crippen LogP contribution in [0.25, 0.3) is 0 Å². The number of hydrogen-bond donors (Lipinski definition) is 3. The number of rotatable bonds is 3. The largest absolute Gasteiger partial charge is 0.508 e. The second-order valence-electron chi connectivity index (χ2n) is 5.88. The van der Waals surface area contributed by atoms with Gasteiger partial charge in [-0.3, -0.25) is 9.59 Å². The van der Waals surface area contributed by atoms with Crippen LogP contribution in [-0.2, 0) is 0 Å². The van der Waals surface area contributed by atoms with Crippen LogP contribution in [0.2, 0.25) is 0 Å². The van der Waals surface area contributed by atoms with Crippen molar-refractivity contribution in [2.75, 3.05) is 13.1 Å². The lowest BCUT2D eigenvalue weighted by molar-refractivity contribution is 0.0694. The summed E-state index contributed by atoms with van der Waals surface area (Å²) in [5.74, 6) is -0.620. The fourth-order valence-electron chi connectivity index (χ4n) is 2.82. The number of furan rings is 1. The number of piperidine rings is 1. The Kier molecular flexibility index (Phi) is 4.98. The van der Waals surface area contributed by atoms with Crippen molar-refractivity contribution < 1.29 is 24.2 Å². The molecule has 1 aromatic carbocycles. The third-order valence-corrected chi connectivity index (χ3v) is 4.49. The predicted molar refractivity (Wildman–Crippen MR) is 92.6 cm³/mol. The Morgan fingerprint density at radius 3 is 2.32 bits per heavy atom. The molecule has 0 spiro atoms. The molecular formula is C17H17BrN2O5. The van der Waals surface area contributed by atoms with E-state index in [4.69, 9.17) is 4.42 Å². The Hall–Kier alpha value is -2.48. The van der Waals surface area contributed by atoms with Gasteiger partial charge in [-0.1, -0.05) is 0 Å². The summed E-state index contributed by atoms with van der Waals surface area (Å²) in [6.45, 7) is 0.949. The van der Waals surface area contributed by atoms with Gasteiger partial charge in [-0.25, -0.2) is 0 Å². The summed E-state index contributed by atoms with van der Waals surface area (Å²) in [5.41, 5.74) is 0.237. The minimum atomic E-state index is -0.284. The Morgan fingerprint density at radius 2 is 1.76 bits per heavy atom. The number of benzene rings is 1. The molecule has 7 nitrogen and oxygen atoms in total. The molecule has 0 atom stereocenters. The molecular weight excluding hydrogens is 392 g/mol. The van der Waals surface area contributed by atoms with E-state index in [-0.39, 0.29) is 40.7 Å². The van der Waals surface area contributed by atoms with Gasteiger partial charge >= 0.3 is 0 Å². The van der Waals surface area contributed by atoms with Crippen molar-refractivity contribution in [1.29, 1.82) is 0 Å². The number of nitrogens with zero attached hydrogens (tertiary/aromatic N) is 1. The average molecular weight is 409 g/mol. The molecule has 1 aliphatic heterocycles. The van der Waals surface area contributed by atoms with Crippen LogP contribution in [0.3, 0.4) is 0 Å². The highest BCUT2D eigenvalue weighted by molar-refractivity contribution is 9.10. The maximum atomic E-state index is 12.5. The van der Waals surface area contributed by atoms with E-state index in [2.05, 4.69) is 21.2 Å². The molecule has 2 heterocycles. The van der Waals surface area contributed by atoms with Crippen LogP contribution < -0.4 is 5.32 Å². The lowest BCUT2D eigenvalue weighted by Gasteiger charge is -2.32. The summed E-state index contributed by atoms with van der Waals surface area (Å²) in [5, 5.41) is 21.9. The molecule has 132 valence electrons. The summed E-state index contributed by atoms with van der Waals surface area (Å²) in [6.07, 6.45) is 1.23. The number of phenolic OH excluding ortho intramolecular Hbond substituents is 2. The van der Waals surface area contributed by atoms with Crippen molar-refractivity contribution in [1.82, 2.24) is 10.2 Å². The van der Waals surface area contributed by atoms with E-state index in [0.29, 0.717) is 30.6 Å². The highest BCUT2D eigenvalue weighted by atomic mass is 79.9. The van der Waals surface area contributed by atoms with Gasteiger partial charge in [-0.15, -0.1) is 0 Å². The molecule has 0 unspecified atom stereocenters. The summed E-state index contributed by atoms with van der Waals surface area (Å²) in [7, 11) is 0. The fraction of sp³-hybridized carbons (Fsp3) is 0.294. The first-order chi connectivity index (χ1) is 11.9. The van der Waals surface area contributed by atoms with Crippen LogP contribution in [0.4, 0.5) is 0 Å². The molecule has 0 radical (unpaired) electrons. The average Bonchev–Trinajstić information content (AvgIpc) is 3.00. The second-order valence-corrected chi connectivity index (χ2v) is 6.66. The van der Waals surface area contributed by atoms with Crippen LogP contribution in [-0.4, -0.2) is 46.1 Å². The number of phenols is 2. The van der Waals surface area contributed by atoms with E-state index >= 15 is 0 Å². The molecule has 1 fully saturated rings. The van der Waals surface area contributed by atoms with Crippen molar-refractivity contribution in [2.45, 2.75) is 18.9 Å². The lowest BCUT2D eigenvalue weighted by atomic mass is 10.0. The zero-order valence-electron chi connectivity index (χ0n) is 13.2. The first kappa shape index (κ1) is 17.3. The highest BCUT2D eigenvalue weighted by Gasteiger charge is 2.26. The van der Waals surface area contributed by atoms with E-state index in [1.807, 2.05) is 0 Å². The van der Waals surface area contributed by atoms with Gasteiger partial charge < -0.3 is 24.8 Å². The summed E-state index contributed by atoms with van der Waals surface area (Å²) >= 11 is 3.16. The van der Waals surface area contributed by atoms with Crippen LogP contribution in [0.1, 0.15) is 33.8 Å². The van der Waals surface area contributed by atoms with Gasteiger partial charge in [-0.05, 0) is 53.0 Å². The van der Waals surface area contributed by atoms with Gasteiger partial charge in [-0.2, -0.15) is 0 Å². The first-order valence-electron chi connectivity index (χ1n) is 7.81. The number of likely N-dealkylation sites (tertiary alicyclic amines) is 1. The maximum Gasteiger partial charge on any atom is 0.287 e. The number of aromatic hydroxyl groups is 2. The topological polar surface area (TPSA) is 103 Å². The normalized spacial score (nSPS) is 15.2. The van der Waals surface area contributed by atoms with Crippen molar-refractivity contribution in [3.8, 4) is 11.5 Å². The van der Waals surface area contributed by atoms with Gasteiger partial charge in [0, 0.05) is 30.8 Å². The molecule has 25 heavy (non-hydrogen) atoms. The number of amides is 2. The van der Waals surface area contributed by atoms with Crippen LogP contribution in [0.5, 0.6) is 11.5 Å². The Bertz CT molecular complexity index is 776. The lowest BCUT2D eigenvalue weighted by Crippen LogP contribution is -2.46. The Balaban J connectivity index is 1.56. The second kappa shape index (κ2) is 7.18. The molecule has 0 saturated carbocycles. The summed E-state index contributed by atoms with van der Waals surface area (Å²) < 4.78 is 5.71. The third-order valence-electron chi connectivity index (χ3n) is 4.06. The number of nitrogens with one attached hydrogen (secondary N) is 1. The van der Waals surface area contributed by atoms with E-state index < -0.39 is 0 Å². The maximum absolute atomic E-state index is 12.5. The molecule has 1 aromatic heterocycles.